The van der Waals surface area contributed by atoms with E-state index in [1.54, 1.807) is 0 Å². The van der Waals surface area contributed by atoms with Gasteiger partial charge in [-0.3, -0.25) is 9.59 Å². The van der Waals surface area contributed by atoms with Gasteiger partial charge < -0.3 is 14.9 Å². The highest BCUT2D eigenvalue weighted by Gasteiger charge is 2.28. The van der Waals surface area contributed by atoms with Crippen molar-refractivity contribution >= 4 is 11.8 Å². The first-order chi connectivity index (χ1) is 5.57. The van der Waals surface area contributed by atoms with Gasteiger partial charge in [-0.15, -0.1) is 6.26 Å². The van der Waals surface area contributed by atoms with Crippen molar-refractivity contribution < 1.29 is 14.7 Å². The quantitative estimate of drug-likeness (QED) is 0.315. The molecule has 5 heteroatoms. The lowest BCUT2D eigenvalue weighted by Crippen LogP contribution is -2.49. The second-order valence-corrected chi connectivity index (χ2v) is 2.62. The number of nitrogens with zero attached hydrogens (tertiary/aromatic N) is 2. The topological polar surface area (TPSA) is 63.7 Å². The monoisotopic (exact) mass is 169 g/mol. The summed E-state index contributed by atoms with van der Waals surface area (Å²) in [4.78, 5) is 24.5. The van der Waals surface area contributed by atoms with E-state index >= 15 is 0 Å². The van der Waals surface area contributed by atoms with Crippen LogP contribution in [-0.2, 0) is 9.59 Å². The average molecular weight is 169 g/mol. The third-order valence-electron chi connectivity index (χ3n) is 1.79. The molecular weight excluding hydrogens is 160 g/mol. The molecule has 1 rings (SSSR count). The molecule has 66 valence electrons. The number of carbonyl (C=O) groups is 2. The first-order valence-electron chi connectivity index (χ1n) is 3.42. The zero-order chi connectivity index (χ0) is 9.30. The molecule has 0 saturated carbocycles. The molecule has 0 aromatic heterocycles. The molecule has 0 N–H and O–H groups in total. The van der Waals surface area contributed by atoms with Gasteiger partial charge in [0.1, 0.15) is 6.54 Å². The van der Waals surface area contributed by atoms with Crippen LogP contribution in [0.15, 0.2) is 12.0 Å². The van der Waals surface area contributed by atoms with Gasteiger partial charge in [-0.05, 0) is 0 Å². The number of likely N-dealkylation sites (N-methyl/N-ethyl adjacent to an activating group) is 2. The lowest BCUT2D eigenvalue weighted by atomic mass is 10.2. The lowest BCUT2D eigenvalue weighted by Gasteiger charge is -2.31. The Morgan fingerprint density at radius 1 is 1.42 bits per heavy atom. The largest absolute Gasteiger partial charge is 0.876 e. The van der Waals surface area contributed by atoms with Crippen LogP contribution in [0.5, 0.6) is 0 Å². The summed E-state index contributed by atoms with van der Waals surface area (Å²) in [5, 5.41) is 10.4. The molecule has 1 saturated heterocycles. The lowest BCUT2D eigenvalue weighted by molar-refractivity contribution is -0.277. The normalized spacial score (nSPS) is 22.3. The van der Waals surface area contributed by atoms with Gasteiger partial charge in [0.25, 0.3) is 5.91 Å². The standard InChI is InChI=1S/C7H10N2O3/c1-8-3-6(11)9(2)5(4-10)7(8)12/h4,10H,3H2,1-2H3/p-1/b5-4+. The first kappa shape index (κ1) is 8.58. The van der Waals surface area contributed by atoms with Gasteiger partial charge in [0, 0.05) is 14.1 Å². The maximum Gasteiger partial charge on any atom is 0.269 e. The highest BCUT2D eigenvalue weighted by molar-refractivity contribution is 6.02. The molecule has 5 nitrogen and oxygen atoms in total. The Balaban J connectivity index is 2.97. The molecule has 0 aromatic carbocycles. The van der Waals surface area contributed by atoms with Crippen LogP contribution in [0.25, 0.3) is 0 Å². The SMILES string of the molecule is CN1CC(=O)N(C)/C(=C/[O-])C1=O. The van der Waals surface area contributed by atoms with Crippen LogP contribution in [0.1, 0.15) is 0 Å². The van der Waals surface area contributed by atoms with E-state index in [2.05, 4.69) is 0 Å². The molecular formula is C7H9N2O3-. The molecule has 12 heavy (non-hydrogen) atoms. The van der Waals surface area contributed by atoms with Gasteiger partial charge in [-0.2, -0.15) is 0 Å². The Kier molecular flexibility index (Phi) is 2.03. The number of hydrogen-bond donors (Lipinski definition) is 0. The van der Waals surface area contributed by atoms with Gasteiger partial charge in [-0.25, -0.2) is 0 Å². The molecule has 0 radical (unpaired) electrons. The molecule has 0 aromatic rings. The second-order valence-electron chi connectivity index (χ2n) is 2.62. The minimum Gasteiger partial charge on any atom is -0.876 e. The highest BCUT2D eigenvalue weighted by Crippen LogP contribution is 2.10. The molecule has 1 aliphatic rings. The van der Waals surface area contributed by atoms with Crippen molar-refractivity contribution in [1.82, 2.24) is 9.80 Å². The number of rotatable bonds is 0. The Hall–Kier alpha value is -1.52. The smallest absolute Gasteiger partial charge is 0.269 e. The van der Waals surface area contributed by atoms with Crippen molar-refractivity contribution in [3.05, 3.63) is 12.0 Å². The number of piperazine rings is 1. The minimum absolute atomic E-state index is 0.0344. The number of carbonyl (C=O) groups excluding carboxylic acids is 2. The summed E-state index contributed by atoms with van der Waals surface area (Å²) in [5.41, 5.74) is -0.103. The second kappa shape index (κ2) is 2.84. The molecule has 2 amide bonds. The summed E-state index contributed by atoms with van der Waals surface area (Å²) in [6.07, 6.45) is 0.399. The summed E-state index contributed by atoms with van der Waals surface area (Å²) in [6, 6.07) is 0. The van der Waals surface area contributed by atoms with Crippen LogP contribution in [0.2, 0.25) is 0 Å². The Morgan fingerprint density at radius 2 is 2.00 bits per heavy atom. The molecule has 1 aliphatic heterocycles. The fraction of sp³-hybridized carbons (Fsp3) is 0.429. The minimum atomic E-state index is -0.410. The van der Waals surface area contributed by atoms with E-state index in [1.165, 1.54) is 19.0 Å². The summed E-state index contributed by atoms with van der Waals surface area (Å²) in [5.74, 6) is -0.661. The van der Waals surface area contributed by atoms with Crippen molar-refractivity contribution in [2.45, 2.75) is 0 Å². The van der Waals surface area contributed by atoms with E-state index in [4.69, 9.17) is 0 Å². The Labute approximate surface area is 69.9 Å². The zero-order valence-corrected chi connectivity index (χ0v) is 6.90. The van der Waals surface area contributed by atoms with Crippen molar-refractivity contribution in [2.24, 2.45) is 0 Å². The maximum atomic E-state index is 11.2. The van der Waals surface area contributed by atoms with Gasteiger partial charge >= 0.3 is 0 Å². The first-order valence-corrected chi connectivity index (χ1v) is 3.42. The third kappa shape index (κ3) is 1.13. The molecule has 1 fully saturated rings. The fourth-order valence-corrected chi connectivity index (χ4v) is 0.984. The molecule has 1 heterocycles. The predicted molar refractivity (Wildman–Crippen MR) is 38.5 cm³/mol. The fourth-order valence-electron chi connectivity index (χ4n) is 0.984. The van der Waals surface area contributed by atoms with Gasteiger partial charge in [-0.1, -0.05) is 0 Å². The zero-order valence-electron chi connectivity index (χ0n) is 6.90. The third-order valence-corrected chi connectivity index (χ3v) is 1.79. The van der Waals surface area contributed by atoms with Crippen molar-refractivity contribution in [3.8, 4) is 0 Å². The van der Waals surface area contributed by atoms with E-state index in [0.717, 1.165) is 4.90 Å². The van der Waals surface area contributed by atoms with Crippen LogP contribution in [0, 0.1) is 0 Å². The predicted octanol–water partition coefficient (Wildman–Crippen LogP) is -1.88. The van der Waals surface area contributed by atoms with E-state index in [9.17, 15) is 14.7 Å². The molecule has 0 spiro atoms. The van der Waals surface area contributed by atoms with E-state index < -0.39 is 5.91 Å². The molecule has 0 atom stereocenters. The maximum absolute atomic E-state index is 11.2. The van der Waals surface area contributed by atoms with Gasteiger partial charge in [0.15, 0.2) is 0 Å². The summed E-state index contributed by atoms with van der Waals surface area (Å²) in [6.45, 7) is 0.0344. The Bertz CT molecular complexity index is 259. The van der Waals surface area contributed by atoms with Crippen molar-refractivity contribution in [3.63, 3.8) is 0 Å². The van der Waals surface area contributed by atoms with E-state index in [-0.39, 0.29) is 18.1 Å². The van der Waals surface area contributed by atoms with Gasteiger partial charge in [0.2, 0.25) is 5.91 Å². The molecule has 0 aliphatic carbocycles. The van der Waals surface area contributed by atoms with Crippen LogP contribution < -0.4 is 5.11 Å². The van der Waals surface area contributed by atoms with Crippen LogP contribution in [0.4, 0.5) is 0 Å². The summed E-state index contributed by atoms with van der Waals surface area (Å²) < 4.78 is 0. The van der Waals surface area contributed by atoms with Crippen molar-refractivity contribution in [1.29, 1.82) is 0 Å². The Morgan fingerprint density at radius 3 is 2.50 bits per heavy atom. The van der Waals surface area contributed by atoms with Crippen molar-refractivity contribution in [2.75, 3.05) is 20.6 Å². The van der Waals surface area contributed by atoms with Crippen LogP contribution in [0.3, 0.4) is 0 Å². The number of hydrogen-bond acceptors (Lipinski definition) is 3. The van der Waals surface area contributed by atoms with Gasteiger partial charge in [0.05, 0.1) is 5.70 Å². The van der Waals surface area contributed by atoms with Crippen LogP contribution in [-0.4, -0.2) is 42.3 Å². The summed E-state index contributed by atoms with van der Waals surface area (Å²) in [7, 11) is 2.90. The molecule has 0 unspecified atom stereocenters. The number of amides is 2. The molecule has 0 bridgehead atoms. The highest BCUT2D eigenvalue weighted by atomic mass is 16.2. The van der Waals surface area contributed by atoms with E-state index in [1.807, 2.05) is 0 Å². The summed E-state index contributed by atoms with van der Waals surface area (Å²) >= 11 is 0. The van der Waals surface area contributed by atoms with E-state index in [0.29, 0.717) is 6.26 Å². The van der Waals surface area contributed by atoms with Crippen LogP contribution >= 0.6 is 0 Å². The average Bonchev–Trinajstić information content (AvgIpc) is 2.02.